The van der Waals surface area contributed by atoms with Crippen molar-refractivity contribution >= 4 is 0 Å². The van der Waals surface area contributed by atoms with Gasteiger partial charge in [-0.05, 0) is 19.4 Å². The number of aliphatic hydroxyl groups is 1. The minimum atomic E-state index is -0.494. The lowest BCUT2D eigenvalue weighted by molar-refractivity contribution is 0.164. The molecule has 0 aromatic heterocycles. The second-order valence-electron chi connectivity index (χ2n) is 3.18. The standard InChI is InChI=1S/C10H15NO/c1-7-4-3-5-9(6-7)10(11)8(2)12/h3-6,8,10,12H,11H2,1-2H3/t8-,10-/m0/s1. The molecular weight excluding hydrogens is 150 g/mol. The van der Waals surface area contributed by atoms with Gasteiger partial charge in [0.2, 0.25) is 0 Å². The van der Waals surface area contributed by atoms with Crippen molar-refractivity contribution in [3.8, 4) is 0 Å². The maximum atomic E-state index is 9.24. The van der Waals surface area contributed by atoms with E-state index >= 15 is 0 Å². The molecule has 2 nitrogen and oxygen atoms in total. The van der Waals surface area contributed by atoms with Crippen LogP contribution < -0.4 is 5.73 Å². The molecule has 12 heavy (non-hydrogen) atoms. The fourth-order valence-electron chi connectivity index (χ4n) is 1.16. The van der Waals surface area contributed by atoms with Crippen LogP contribution in [0.3, 0.4) is 0 Å². The second-order valence-corrected chi connectivity index (χ2v) is 3.18. The van der Waals surface area contributed by atoms with E-state index in [4.69, 9.17) is 5.73 Å². The third kappa shape index (κ3) is 2.06. The minimum Gasteiger partial charge on any atom is -0.391 e. The lowest BCUT2D eigenvalue weighted by Crippen LogP contribution is -2.23. The molecule has 0 bridgehead atoms. The van der Waals surface area contributed by atoms with Gasteiger partial charge in [-0.2, -0.15) is 0 Å². The van der Waals surface area contributed by atoms with Crippen molar-refractivity contribution in [2.24, 2.45) is 5.73 Å². The van der Waals surface area contributed by atoms with E-state index in [1.54, 1.807) is 6.92 Å². The molecule has 0 saturated heterocycles. The molecule has 0 saturated carbocycles. The number of nitrogens with two attached hydrogens (primary N) is 1. The van der Waals surface area contributed by atoms with Gasteiger partial charge >= 0.3 is 0 Å². The zero-order valence-corrected chi connectivity index (χ0v) is 7.49. The van der Waals surface area contributed by atoms with Gasteiger partial charge in [0, 0.05) is 0 Å². The summed E-state index contributed by atoms with van der Waals surface area (Å²) in [6.45, 7) is 3.71. The fraction of sp³-hybridized carbons (Fsp3) is 0.400. The van der Waals surface area contributed by atoms with Crippen LogP contribution in [0.2, 0.25) is 0 Å². The molecule has 0 amide bonds. The van der Waals surface area contributed by atoms with E-state index in [-0.39, 0.29) is 6.04 Å². The molecule has 2 heteroatoms. The number of benzene rings is 1. The van der Waals surface area contributed by atoms with Crippen molar-refractivity contribution in [1.29, 1.82) is 0 Å². The molecule has 0 aliphatic rings. The molecule has 0 spiro atoms. The van der Waals surface area contributed by atoms with Crippen molar-refractivity contribution in [3.05, 3.63) is 35.4 Å². The van der Waals surface area contributed by atoms with Crippen molar-refractivity contribution in [1.82, 2.24) is 0 Å². The van der Waals surface area contributed by atoms with E-state index in [9.17, 15) is 5.11 Å². The molecule has 1 aromatic rings. The Morgan fingerprint density at radius 3 is 2.58 bits per heavy atom. The summed E-state index contributed by atoms with van der Waals surface area (Å²) in [6, 6.07) is 7.62. The Kier molecular flexibility index (Phi) is 2.84. The van der Waals surface area contributed by atoms with Gasteiger partial charge in [0.25, 0.3) is 0 Å². The highest BCUT2D eigenvalue weighted by Crippen LogP contribution is 2.14. The van der Waals surface area contributed by atoms with Gasteiger partial charge in [0.15, 0.2) is 0 Å². The van der Waals surface area contributed by atoms with Crippen molar-refractivity contribution in [2.45, 2.75) is 26.0 Å². The minimum absolute atomic E-state index is 0.273. The summed E-state index contributed by atoms with van der Waals surface area (Å²) in [6.07, 6.45) is -0.494. The van der Waals surface area contributed by atoms with Crippen molar-refractivity contribution in [3.63, 3.8) is 0 Å². The van der Waals surface area contributed by atoms with Crippen LogP contribution in [0.5, 0.6) is 0 Å². The van der Waals surface area contributed by atoms with E-state index in [2.05, 4.69) is 0 Å². The summed E-state index contributed by atoms with van der Waals surface area (Å²) in [5.41, 5.74) is 7.92. The zero-order chi connectivity index (χ0) is 9.14. The van der Waals surface area contributed by atoms with Gasteiger partial charge in [0.1, 0.15) is 0 Å². The Bertz CT molecular complexity index is 258. The predicted molar refractivity (Wildman–Crippen MR) is 49.8 cm³/mol. The average molecular weight is 165 g/mol. The average Bonchev–Trinajstić information content (AvgIpc) is 2.03. The summed E-state index contributed by atoms with van der Waals surface area (Å²) in [5.74, 6) is 0. The summed E-state index contributed by atoms with van der Waals surface area (Å²) in [7, 11) is 0. The molecule has 0 aliphatic carbocycles. The molecule has 1 rings (SSSR count). The quantitative estimate of drug-likeness (QED) is 0.695. The number of hydrogen-bond donors (Lipinski definition) is 2. The van der Waals surface area contributed by atoms with Crippen LogP contribution in [0, 0.1) is 6.92 Å². The van der Waals surface area contributed by atoms with Gasteiger partial charge in [-0.15, -0.1) is 0 Å². The monoisotopic (exact) mass is 165 g/mol. The van der Waals surface area contributed by atoms with Crippen LogP contribution in [-0.2, 0) is 0 Å². The Labute approximate surface area is 73.0 Å². The summed E-state index contributed by atoms with van der Waals surface area (Å²) >= 11 is 0. The molecule has 0 fully saturated rings. The normalized spacial score (nSPS) is 15.7. The first-order valence-electron chi connectivity index (χ1n) is 4.11. The largest absolute Gasteiger partial charge is 0.391 e. The van der Waals surface area contributed by atoms with Crippen LogP contribution >= 0.6 is 0 Å². The van der Waals surface area contributed by atoms with E-state index < -0.39 is 6.10 Å². The first kappa shape index (κ1) is 9.23. The van der Waals surface area contributed by atoms with Gasteiger partial charge < -0.3 is 10.8 Å². The highest BCUT2D eigenvalue weighted by Gasteiger charge is 2.10. The molecular formula is C10H15NO. The van der Waals surface area contributed by atoms with E-state index in [0.29, 0.717) is 0 Å². The second kappa shape index (κ2) is 3.70. The van der Waals surface area contributed by atoms with Crippen LogP contribution in [0.4, 0.5) is 0 Å². The third-order valence-corrected chi connectivity index (χ3v) is 1.95. The Hall–Kier alpha value is -0.860. The maximum Gasteiger partial charge on any atom is 0.0704 e. The number of hydrogen-bond acceptors (Lipinski definition) is 2. The maximum absolute atomic E-state index is 9.24. The van der Waals surface area contributed by atoms with Crippen LogP contribution in [0.15, 0.2) is 24.3 Å². The number of rotatable bonds is 2. The number of aryl methyl sites for hydroxylation is 1. The molecule has 66 valence electrons. The summed E-state index contributed by atoms with van der Waals surface area (Å²) in [4.78, 5) is 0. The van der Waals surface area contributed by atoms with Gasteiger partial charge in [-0.25, -0.2) is 0 Å². The Balaban J connectivity index is 2.88. The van der Waals surface area contributed by atoms with Crippen molar-refractivity contribution in [2.75, 3.05) is 0 Å². The Morgan fingerprint density at radius 2 is 2.08 bits per heavy atom. The zero-order valence-electron chi connectivity index (χ0n) is 7.49. The van der Waals surface area contributed by atoms with E-state index in [0.717, 1.165) is 5.56 Å². The van der Waals surface area contributed by atoms with Crippen LogP contribution in [0.25, 0.3) is 0 Å². The lowest BCUT2D eigenvalue weighted by atomic mass is 10.0. The molecule has 0 unspecified atom stereocenters. The summed E-state index contributed by atoms with van der Waals surface area (Å²) in [5, 5.41) is 9.24. The summed E-state index contributed by atoms with van der Waals surface area (Å²) < 4.78 is 0. The SMILES string of the molecule is Cc1cccc([C@@H](N)[C@H](C)O)c1. The van der Waals surface area contributed by atoms with Gasteiger partial charge in [-0.3, -0.25) is 0 Å². The first-order valence-corrected chi connectivity index (χ1v) is 4.11. The first-order chi connectivity index (χ1) is 5.61. The fourth-order valence-corrected chi connectivity index (χ4v) is 1.16. The van der Waals surface area contributed by atoms with Gasteiger partial charge in [0.05, 0.1) is 12.1 Å². The smallest absolute Gasteiger partial charge is 0.0704 e. The Morgan fingerprint density at radius 1 is 1.42 bits per heavy atom. The van der Waals surface area contributed by atoms with Crippen molar-refractivity contribution < 1.29 is 5.11 Å². The van der Waals surface area contributed by atoms with Crippen LogP contribution in [-0.4, -0.2) is 11.2 Å². The molecule has 3 N–H and O–H groups in total. The molecule has 1 aromatic carbocycles. The third-order valence-electron chi connectivity index (χ3n) is 1.95. The highest BCUT2D eigenvalue weighted by molar-refractivity contribution is 5.25. The van der Waals surface area contributed by atoms with E-state index in [1.165, 1.54) is 5.56 Å². The molecule has 2 atom stereocenters. The van der Waals surface area contributed by atoms with E-state index in [1.807, 2.05) is 31.2 Å². The lowest BCUT2D eigenvalue weighted by Gasteiger charge is -2.15. The molecule has 0 aliphatic heterocycles. The number of aliphatic hydroxyl groups excluding tert-OH is 1. The molecule has 0 heterocycles. The molecule has 0 radical (unpaired) electrons. The highest BCUT2D eigenvalue weighted by atomic mass is 16.3. The van der Waals surface area contributed by atoms with Gasteiger partial charge in [-0.1, -0.05) is 29.8 Å². The topological polar surface area (TPSA) is 46.2 Å². The predicted octanol–water partition coefficient (Wildman–Crippen LogP) is 1.38. The van der Waals surface area contributed by atoms with Crippen LogP contribution in [0.1, 0.15) is 24.1 Å².